The van der Waals surface area contributed by atoms with Gasteiger partial charge in [-0.25, -0.2) is 4.98 Å². The summed E-state index contributed by atoms with van der Waals surface area (Å²) in [6.07, 6.45) is 7.99. The molecule has 1 aromatic carbocycles. The molecule has 1 fully saturated rings. The molecule has 0 radical (unpaired) electrons. The molecule has 2 aliphatic rings. The van der Waals surface area contributed by atoms with Crippen LogP contribution in [0.2, 0.25) is 0 Å². The van der Waals surface area contributed by atoms with Crippen molar-refractivity contribution >= 4 is 11.8 Å². The summed E-state index contributed by atoms with van der Waals surface area (Å²) in [5.74, 6) is 0.311. The molecule has 0 saturated carbocycles. The molecule has 6 nitrogen and oxygen atoms in total. The SMILES string of the molecule is CC(C)NC(=O)CC1CC2(CCN(C(=O)c3cnccn3)CC2)c2ccccc21. The number of nitrogens with one attached hydrogen (secondary N) is 1. The number of amides is 2. The Labute approximate surface area is 171 Å². The number of hydrogen-bond acceptors (Lipinski definition) is 4. The fraction of sp³-hybridized carbons (Fsp3) is 0.478. The predicted octanol–water partition coefficient (Wildman–Crippen LogP) is 3.05. The maximum absolute atomic E-state index is 12.7. The standard InChI is InChI=1S/C23H28N4O2/c1-16(2)26-21(28)13-17-14-23(19-6-4-3-5-18(17)19)7-11-27(12-8-23)22(29)20-15-24-9-10-25-20/h3-6,9-10,15-17H,7-8,11-14H2,1-2H3,(H,26,28). The molecule has 2 aromatic rings. The average Bonchev–Trinajstić information content (AvgIpc) is 3.01. The smallest absolute Gasteiger partial charge is 0.274 e. The number of benzene rings is 1. The van der Waals surface area contributed by atoms with Gasteiger partial charge in [0.2, 0.25) is 5.91 Å². The summed E-state index contributed by atoms with van der Waals surface area (Å²) in [7, 11) is 0. The van der Waals surface area contributed by atoms with Gasteiger partial charge in [0.05, 0.1) is 6.20 Å². The normalized spacial score (nSPS) is 20.0. The summed E-state index contributed by atoms with van der Waals surface area (Å²) < 4.78 is 0. The first-order chi connectivity index (χ1) is 14.0. The zero-order chi connectivity index (χ0) is 20.4. The molecule has 1 atom stereocenters. The quantitative estimate of drug-likeness (QED) is 0.868. The first-order valence-electron chi connectivity index (χ1n) is 10.4. The molecule has 2 heterocycles. The summed E-state index contributed by atoms with van der Waals surface area (Å²) in [5, 5.41) is 3.03. The van der Waals surface area contributed by atoms with Crippen LogP contribution in [0, 0.1) is 0 Å². The van der Waals surface area contributed by atoms with Gasteiger partial charge in [0.15, 0.2) is 0 Å². The number of aromatic nitrogens is 2. The van der Waals surface area contributed by atoms with E-state index < -0.39 is 0 Å². The van der Waals surface area contributed by atoms with Gasteiger partial charge in [0.1, 0.15) is 5.69 Å². The lowest BCUT2D eigenvalue weighted by Gasteiger charge is -2.40. The Morgan fingerprint density at radius 2 is 1.97 bits per heavy atom. The van der Waals surface area contributed by atoms with E-state index in [1.807, 2.05) is 18.7 Å². The monoisotopic (exact) mass is 392 g/mol. The Morgan fingerprint density at radius 3 is 2.66 bits per heavy atom. The van der Waals surface area contributed by atoms with Crippen LogP contribution in [0.5, 0.6) is 0 Å². The van der Waals surface area contributed by atoms with Gasteiger partial charge in [-0.15, -0.1) is 0 Å². The molecule has 1 aliphatic heterocycles. The molecule has 6 heteroatoms. The van der Waals surface area contributed by atoms with Crippen LogP contribution >= 0.6 is 0 Å². The molecule has 4 rings (SSSR count). The van der Waals surface area contributed by atoms with Gasteiger partial charge in [0, 0.05) is 37.9 Å². The topological polar surface area (TPSA) is 75.2 Å². The van der Waals surface area contributed by atoms with Crippen molar-refractivity contribution in [3.05, 3.63) is 59.7 Å². The van der Waals surface area contributed by atoms with Crippen molar-refractivity contribution in [2.75, 3.05) is 13.1 Å². The minimum atomic E-state index is -0.0490. The lowest BCUT2D eigenvalue weighted by atomic mass is 9.73. The van der Waals surface area contributed by atoms with Gasteiger partial charge < -0.3 is 10.2 Å². The molecule has 2 amide bonds. The van der Waals surface area contributed by atoms with E-state index in [0.717, 1.165) is 19.3 Å². The van der Waals surface area contributed by atoms with Crippen LogP contribution in [0.15, 0.2) is 42.9 Å². The highest BCUT2D eigenvalue weighted by Crippen LogP contribution is 2.52. The van der Waals surface area contributed by atoms with Crippen molar-refractivity contribution < 1.29 is 9.59 Å². The third kappa shape index (κ3) is 3.88. The summed E-state index contributed by atoms with van der Waals surface area (Å²) in [6.45, 7) is 5.39. The molecule has 1 saturated heterocycles. The molecule has 1 N–H and O–H groups in total. The van der Waals surface area contributed by atoms with Crippen LogP contribution in [-0.4, -0.2) is 45.8 Å². The second-order valence-electron chi connectivity index (χ2n) is 8.58. The number of carbonyl (C=O) groups is 2. The Bertz CT molecular complexity index is 889. The second kappa shape index (κ2) is 7.93. The van der Waals surface area contributed by atoms with Crippen molar-refractivity contribution in [2.24, 2.45) is 0 Å². The summed E-state index contributed by atoms with van der Waals surface area (Å²) in [5.41, 5.74) is 3.13. The number of nitrogens with zero attached hydrogens (tertiary/aromatic N) is 3. The lowest BCUT2D eigenvalue weighted by Crippen LogP contribution is -2.44. The molecule has 29 heavy (non-hydrogen) atoms. The van der Waals surface area contributed by atoms with E-state index >= 15 is 0 Å². The van der Waals surface area contributed by atoms with Gasteiger partial charge in [-0.2, -0.15) is 0 Å². The Morgan fingerprint density at radius 1 is 1.21 bits per heavy atom. The number of likely N-dealkylation sites (tertiary alicyclic amines) is 1. The van der Waals surface area contributed by atoms with E-state index in [4.69, 9.17) is 0 Å². The second-order valence-corrected chi connectivity index (χ2v) is 8.58. The summed E-state index contributed by atoms with van der Waals surface area (Å²) in [4.78, 5) is 35.2. The number of carbonyl (C=O) groups excluding carboxylic acids is 2. The van der Waals surface area contributed by atoms with Gasteiger partial charge >= 0.3 is 0 Å². The van der Waals surface area contributed by atoms with Crippen LogP contribution < -0.4 is 5.32 Å². The highest BCUT2D eigenvalue weighted by atomic mass is 16.2. The van der Waals surface area contributed by atoms with E-state index in [9.17, 15) is 9.59 Å². The Kier molecular flexibility index (Phi) is 5.35. The maximum Gasteiger partial charge on any atom is 0.274 e. The minimum absolute atomic E-state index is 0.0490. The van der Waals surface area contributed by atoms with E-state index in [1.165, 1.54) is 17.3 Å². The zero-order valence-corrected chi connectivity index (χ0v) is 17.1. The lowest BCUT2D eigenvalue weighted by molar-refractivity contribution is -0.122. The number of rotatable bonds is 4. The molecule has 0 bridgehead atoms. The van der Waals surface area contributed by atoms with Crippen molar-refractivity contribution in [1.29, 1.82) is 0 Å². The number of fused-ring (bicyclic) bond motifs is 2. The maximum atomic E-state index is 12.7. The zero-order valence-electron chi connectivity index (χ0n) is 17.1. The van der Waals surface area contributed by atoms with Crippen LogP contribution in [0.3, 0.4) is 0 Å². The molecule has 1 aromatic heterocycles. The van der Waals surface area contributed by atoms with Crippen molar-refractivity contribution in [3.63, 3.8) is 0 Å². The number of piperidine rings is 1. The van der Waals surface area contributed by atoms with Gasteiger partial charge in [0.25, 0.3) is 5.91 Å². The fourth-order valence-corrected chi connectivity index (χ4v) is 5.00. The van der Waals surface area contributed by atoms with Gasteiger partial charge in [-0.3, -0.25) is 14.6 Å². The molecule has 1 unspecified atom stereocenters. The summed E-state index contributed by atoms with van der Waals surface area (Å²) in [6, 6.07) is 8.71. The Hall–Kier alpha value is -2.76. The average molecular weight is 393 g/mol. The van der Waals surface area contributed by atoms with Crippen LogP contribution in [-0.2, 0) is 10.2 Å². The van der Waals surface area contributed by atoms with E-state index in [1.54, 1.807) is 12.4 Å². The van der Waals surface area contributed by atoms with Crippen molar-refractivity contribution in [1.82, 2.24) is 20.2 Å². The Balaban J connectivity index is 1.49. The van der Waals surface area contributed by atoms with Crippen molar-refractivity contribution in [2.45, 2.75) is 56.9 Å². The highest BCUT2D eigenvalue weighted by molar-refractivity contribution is 5.92. The first kappa shape index (κ1) is 19.6. The third-order valence-corrected chi connectivity index (χ3v) is 6.28. The minimum Gasteiger partial charge on any atom is -0.354 e. The van der Waals surface area contributed by atoms with Gasteiger partial charge in [-0.1, -0.05) is 24.3 Å². The predicted molar refractivity (Wildman–Crippen MR) is 111 cm³/mol. The number of hydrogen-bond donors (Lipinski definition) is 1. The van der Waals surface area contributed by atoms with E-state index in [2.05, 4.69) is 39.6 Å². The molecular weight excluding hydrogens is 364 g/mol. The molecule has 1 aliphatic carbocycles. The third-order valence-electron chi connectivity index (χ3n) is 6.28. The largest absolute Gasteiger partial charge is 0.354 e. The van der Waals surface area contributed by atoms with Crippen LogP contribution in [0.4, 0.5) is 0 Å². The fourth-order valence-electron chi connectivity index (χ4n) is 5.00. The molecule has 152 valence electrons. The van der Waals surface area contributed by atoms with Crippen molar-refractivity contribution in [3.8, 4) is 0 Å². The molecule has 1 spiro atoms. The molecular formula is C23H28N4O2. The van der Waals surface area contributed by atoms with Crippen LogP contribution in [0.1, 0.15) is 67.1 Å². The van der Waals surface area contributed by atoms with Crippen LogP contribution in [0.25, 0.3) is 0 Å². The highest BCUT2D eigenvalue weighted by Gasteiger charge is 2.46. The first-order valence-corrected chi connectivity index (χ1v) is 10.4. The summed E-state index contributed by atoms with van der Waals surface area (Å²) >= 11 is 0. The van der Waals surface area contributed by atoms with E-state index in [0.29, 0.717) is 25.2 Å². The van der Waals surface area contributed by atoms with Gasteiger partial charge in [-0.05, 0) is 55.6 Å². The van der Waals surface area contributed by atoms with E-state index in [-0.39, 0.29) is 29.2 Å².